The van der Waals surface area contributed by atoms with Crippen LogP contribution < -0.4 is 15.6 Å². The lowest BCUT2D eigenvalue weighted by Crippen LogP contribution is -2.31. The van der Waals surface area contributed by atoms with E-state index in [0.29, 0.717) is 26.7 Å². The highest BCUT2D eigenvalue weighted by atomic mass is 79.9. The van der Waals surface area contributed by atoms with Gasteiger partial charge in [-0.3, -0.25) is 14.2 Å². The number of anilines is 1. The summed E-state index contributed by atoms with van der Waals surface area (Å²) in [4.78, 5) is 31.3. The van der Waals surface area contributed by atoms with Crippen LogP contribution in [-0.4, -0.2) is 22.6 Å². The average Bonchev–Trinajstić information content (AvgIpc) is 3.19. The number of carbonyl (C=O) groups excluding carboxylic acids is 1. The van der Waals surface area contributed by atoms with E-state index in [9.17, 15) is 9.59 Å². The Hall–Kier alpha value is -2.68. The number of nitrogens with one attached hydrogen (secondary N) is 1. The van der Waals surface area contributed by atoms with E-state index in [1.165, 1.54) is 29.3 Å². The van der Waals surface area contributed by atoms with Gasteiger partial charge in [-0.05, 0) is 42.8 Å². The van der Waals surface area contributed by atoms with Gasteiger partial charge in [0.05, 0.1) is 24.5 Å². The molecular formula is C22H17BrClN3O3S. The number of aromatic nitrogens is 2. The quantitative estimate of drug-likeness (QED) is 0.365. The molecule has 1 unspecified atom stereocenters. The van der Waals surface area contributed by atoms with Crippen molar-refractivity contribution in [2.45, 2.75) is 13.0 Å². The second-order valence-electron chi connectivity index (χ2n) is 6.80. The van der Waals surface area contributed by atoms with Gasteiger partial charge in [0.1, 0.15) is 16.6 Å². The Balaban J connectivity index is 1.71. The number of fused-ring (bicyclic) bond motifs is 1. The van der Waals surface area contributed by atoms with Gasteiger partial charge in [0, 0.05) is 20.4 Å². The minimum absolute atomic E-state index is 0.273. The summed E-state index contributed by atoms with van der Waals surface area (Å²) in [6, 6.07) is 11.8. The molecule has 1 amide bonds. The number of hydrogen-bond acceptors (Lipinski definition) is 5. The first-order chi connectivity index (χ1) is 14.9. The smallest absolute Gasteiger partial charge is 0.263 e. The number of rotatable bonds is 5. The van der Waals surface area contributed by atoms with Gasteiger partial charge in [0.25, 0.3) is 5.56 Å². The van der Waals surface area contributed by atoms with Gasteiger partial charge < -0.3 is 10.1 Å². The molecule has 6 nitrogen and oxygen atoms in total. The van der Waals surface area contributed by atoms with Crippen LogP contribution in [0.5, 0.6) is 5.75 Å². The van der Waals surface area contributed by atoms with Crippen LogP contribution >= 0.6 is 38.9 Å². The zero-order valence-electron chi connectivity index (χ0n) is 16.6. The van der Waals surface area contributed by atoms with Gasteiger partial charge in [-0.25, -0.2) is 4.98 Å². The van der Waals surface area contributed by atoms with Crippen molar-refractivity contribution in [2.24, 2.45) is 0 Å². The summed E-state index contributed by atoms with van der Waals surface area (Å²) in [6.07, 6.45) is 1.41. The molecule has 31 heavy (non-hydrogen) atoms. The van der Waals surface area contributed by atoms with Crippen molar-refractivity contribution in [1.82, 2.24) is 9.55 Å². The summed E-state index contributed by atoms with van der Waals surface area (Å²) >= 11 is 10.9. The zero-order chi connectivity index (χ0) is 22.1. The maximum Gasteiger partial charge on any atom is 0.263 e. The van der Waals surface area contributed by atoms with E-state index in [4.69, 9.17) is 16.3 Å². The molecule has 158 valence electrons. The molecule has 2 aromatic carbocycles. The van der Waals surface area contributed by atoms with Crippen LogP contribution in [0.15, 0.2) is 63.4 Å². The minimum Gasteiger partial charge on any atom is -0.495 e. The summed E-state index contributed by atoms with van der Waals surface area (Å²) in [5, 5.41) is 5.65. The molecule has 4 aromatic rings. The molecule has 0 saturated heterocycles. The molecule has 0 bridgehead atoms. The molecule has 4 rings (SSSR count). The maximum atomic E-state index is 13.3. The van der Waals surface area contributed by atoms with Crippen LogP contribution in [0.4, 0.5) is 5.69 Å². The van der Waals surface area contributed by atoms with Crippen molar-refractivity contribution in [3.63, 3.8) is 0 Å². The molecule has 0 aliphatic carbocycles. The molecule has 0 aliphatic heterocycles. The largest absolute Gasteiger partial charge is 0.495 e. The Morgan fingerprint density at radius 2 is 2.00 bits per heavy atom. The van der Waals surface area contributed by atoms with Gasteiger partial charge in [-0.15, -0.1) is 11.3 Å². The highest BCUT2D eigenvalue weighted by molar-refractivity contribution is 9.10. The number of hydrogen-bond donors (Lipinski definition) is 1. The molecular weight excluding hydrogens is 502 g/mol. The molecule has 0 radical (unpaired) electrons. The van der Waals surface area contributed by atoms with E-state index in [0.717, 1.165) is 15.6 Å². The second kappa shape index (κ2) is 8.82. The van der Waals surface area contributed by atoms with Crippen molar-refractivity contribution in [1.29, 1.82) is 0 Å². The lowest BCUT2D eigenvalue weighted by atomic mass is 10.1. The topological polar surface area (TPSA) is 73.2 Å². The fraction of sp³-hybridized carbons (Fsp3) is 0.136. The van der Waals surface area contributed by atoms with Gasteiger partial charge in [0.15, 0.2) is 0 Å². The Kier molecular flexibility index (Phi) is 6.13. The first-order valence-electron chi connectivity index (χ1n) is 9.27. The summed E-state index contributed by atoms with van der Waals surface area (Å²) in [6.45, 7) is 1.65. The van der Waals surface area contributed by atoms with Crippen molar-refractivity contribution in [3.8, 4) is 16.9 Å². The summed E-state index contributed by atoms with van der Waals surface area (Å²) < 4.78 is 7.56. The van der Waals surface area contributed by atoms with E-state index in [1.807, 2.05) is 29.6 Å². The van der Waals surface area contributed by atoms with Gasteiger partial charge in [-0.2, -0.15) is 0 Å². The van der Waals surface area contributed by atoms with E-state index >= 15 is 0 Å². The number of amides is 1. The van der Waals surface area contributed by atoms with E-state index < -0.39 is 6.04 Å². The standard InChI is InChI=1S/C22H17BrClN3O3S/c1-12(20(28)26-17-9-15(24)7-8-18(17)30-2)27-11-25-21-19(22(27)29)16(10-31-21)13-3-5-14(23)6-4-13/h3-12H,1-2H3,(H,26,28). The van der Waals surface area contributed by atoms with Crippen molar-refractivity contribution < 1.29 is 9.53 Å². The van der Waals surface area contributed by atoms with Crippen LogP contribution in [0.1, 0.15) is 13.0 Å². The molecule has 0 saturated carbocycles. The molecule has 9 heteroatoms. The van der Waals surface area contributed by atoms with Crippen LogP contribution in [0.2, 0.25) is 5.02 Å². The van der Waals surface area contributed by atoms with Crippen LogP contribution in [0.25, 0.3) is 21.3 Å². The third-order valence-corrected chi connectivity index (χ3v) is 6.54. The number of nitrogens with zero attached hydrogens (tertiary/aromatic N) is 2. The summed E-state index contributed by atoms with van der Waals surface area (Å²) in [5.74, 6) is 0.0884. The van der Waals surface area contributed by atoms with E-state index in [2.05, 4.69) is 26.2 Å². The van der Waals surface area contributed by atoms with Crippen LogP contribution in [0, 0.1) is 0 Å². The number of methoxy groups -OCH3 is 1. The van der Waals surface area contributed by atoms with Crippen molar-refractivity contribution in [2.75, 3.05) is 12.4 Å². The number of halogens is 2. The van der Waals surface area contributed by atoms with Gasteiger partial charge >= 0.3 is 0 Å². The predicted molar refractivity (Wildman–Crippen MR) is 128 cm³/mol. The number of ether oxygens (including phenoxy) is 1. The number of benzene rings is 2. The fourth-order valence-electron chi connectivity index (χ4n) is 3.20. The van der Waals surface area contributed by atoms with Gasteiger partial charge in [0.2, 0.25) is 5.91 Å². The Labute approximate surface area is 195 Å². The molecule has 0 spiro atoms. The Bertz CT molecular complexity index is 1330. The first kappa shape index (κ1) is 21.5. The third-order valence-electron chi connectivity index (χ3n) is 4.89. The molecule has 0 fully saturated rings. The first-order valence-corrected chi connectivity index (χ1v) is 11.3. The third kappa shape index (κ3) is 4.23. The fourth-order valence-corrected chi connectivity index (χ4v) is 4.55. The van der Waals surface area contributed by atoms with Crippen LogP contribution in [-0.2, 0) is 4.79 Å². The highest BCUT2D eigenvalue weighted by Crippen LogP contribution is 2.32. The molecule has 1 atom stereocenters. The van der Waals surface area contributed by atoms with Gasteiger partial charge in [-0.1, -0.05) is 39.7 Å². The zero-order valence-corrected chi connectivity index (χ0v) is 19.7. The number of thiophene rings is 1. The number of carbonyl (C=O) groups is 1. The van der Waals surface area contributed by atoms with Crippen LogP contribution in [0.3, 0.4) is 0 Å². The molecule has 2 aromatic heterocycles. The Morgan fingerprint density at radius 3 is 2.71 bits per heavy atom. The molecule has 1 N–H and O–H groups in total. The molecule has 0 aliphatic rings. The van der Waals surface area contributed by atoms with E-state index in [-0.39, 0.29) is 11.5 Å². The highest BCUT2D eigenvalue weighted by Gasteiger charge is 2.21. The Morgan fingerprint density at radius 1 is 1.26 bits per heavy atom. The van der Waals surface area contributed by atoms with Crippen molar-refractivity contribution >= 4 is 60.7 Å². The minimum atomic E-state index is -0.800. The second-order valence-corrected chi connectivity index (χ2v) is 9.01. The average molecular weight is 519 g/mol. The lowest BCUT2D eigenvalue weighted by molar-refractivity contribution is -0.118. The summed E-state index contributed by atoms with van der Waals surface area (Å²) in [5.41, 5.74) is 1.86. The maximum absolute atomic E-state index is 13.3. The van der Waals surface area contributed by atoms with E-state index in [1.54, 1.807) is 25.1 Å². The normalized spacial score (nSPS) is 12.0. The molecule has 2 heterocycles. The summed E-state index contributed by atoms with van der Waals surface area (Å²) in [7, 11) is 1.50. The lowest BCUT2D eigenvalue weighted by Gasteiger charge is -2.16. The monoisotopic (exact) mass is 517 g/mol. The predicted octanol–water partition coefficient (Wildman–Crippen LogP) is 5.75. The SMILES string of the molecule is COc1ccc(Cl)cc1NC(=O)C(C)n1cnc2scc(-c3ccc(Br)cc3)c2c1=O. The van der Waals surface area contributed by atoms with Crippen molar-refractivity contribution in [3.05, 3.63) is 74.0 Å².